The number of pyridine rings is 1. The number of hydrogen-bond acceptors (Lipinski definition) is 3. The molecule has 18 heavy (non-hydrogen) atoms. The van der Waals surface area contributed by atoms with Crippen LogP contribution in [0, 0.1) is 18.3 Å². The Balaban J connectivity index is 2.23. The zero-order chi connectivity index (χ0) is 12.5. The molecule has 0 atom stereocenters. The van der Waals surface area contributed by atoms with Gasteiger partial charge in [0.05, 0.1) is 17.1 Å². The molecular weight excluding hydrogens is 224 g/mol. The molecule has 3 aromatic rings. The van der Waals surface area contributed by atoms with E-state index in [0.29, 0.717) is 5.56 Å². The van der Waals surface area contributed by atoms with Crippen LogP contribution < -0.4 is 0 Å². The first-order valence-corrected chi connectivity index (χ1v) is 5.59. The van der Waals surface area contributed by atoms with Crippen LogP contribution in [0.4, 0.5) is 0 Å². The molecule has 4 heteroatoms. The van der Waals surface area contributed by atoms with Gasteiger partial charge in [-0.15, -0.1) is 0 Å². The number of nitriles is 1. The predicted molar refractivity (Wildman–Crippen MR) is 68.8 cm³/mol. The van der Waals surface area contributed by atoms with E-state index in [0.717, 1.165) is 27.9 Å². The fourth-order valence-electron chi connectivity index (χ4n) is 1.97. The summed E-state index contributed by atoms with van der Waals surface area (Å²) >= 11 is 0. The molecule has 0 aliphatic heterocycles. The van der Waals surface area contributed by atoms with Crippen LogP contribution in [0.15, 0.2) is 36.5 Å². The monoisotopic (exact) mass is 234 g/mol. The molecule has 0 radical (unpaired) electrons. The standard InChI is InChI=1S/C14H10N4/c1-9-5-13-12(8-16-9)14(18-17-13)11-4-2-3-10(6-11)7-15/h2-6,8H,1H3,(H,17,18). The molecule has 1 N–H and O–H groups in total. The highest BCUT2D eigenvalue weighted by molar-refractivity contribution is 5.92. The second kappa shape index (κ2) is 3.97. The number of fused-ring (bicyclic) bond motifs is 1. The van der Waals surface area contributed by atoms with E-state index >= 15 is 0 Å². The highest BCUT2D eigenvalue weighted by atomic mass is 15.1. The maximum atomic E-state index is 8.92. The van der Waals surface area contributed by atoms with E-state index in [2.05, 4.69) is 21.3 Å². The third kappa shape index (κ3) is 1.62. The number of aromatic amines is 1. The van der Waals surface area contributed by atoms with Crippen molar-refractivity contribution >= 4 is 10.9 Å². The highest BCUT2D eigenvalue weighted by Crippen LogP contribution is 2.26. The fraction of sp³-hybridized carbons (Fsp3) is 0.0714. The van der Waals surface area contributed by atoms with Gasteiger partial charge in [0.1, 0.15) is 5.69 Å². The Bertz CT molecular complexity index is 765. The van der Waals surface area contributed by atoms with Gasteiger partial charge in [0.25, 0.3) is 0 Å². The summed E-state index contributed by atoms with van der Waals surface area (Å²) in [7, 11) is 0. The van der Waals surface area contributed by atoms with Crippen LogP contribution in [0.5, 0.6) is 0 Å². The molecule has 0 fully saturated rings. The maximum absolute atomic E-state index is 8.92. The van der Waals surface area contributed by atoms with Crippen molar-refractivity contribution in [3.8, 4) is 17.3 Å². The van der Waals surface area contributed by atoms with Gasteiger partial charge in [0.2, 0.25) is 0 Å². The van der Waals surface area contributed by atoms with E-state index in [1.165, 1.54) is 0 Å². The summed E-state index contributed by atoms with van der Waals surface area (Å²) in [4.78, 5) is 4.28. The number of aryl methyl sites for hydroxylation is 1. The minimum atomic E-state index is 0.628. The Hall–Kier alpha value is -2.67. The van der Waals surface area contributed by atoms with Crippen LogP contribution in [-0.2, 0) is 0 Å². The summed E-state index contributed by atoms with van der Waals surface area (Å²) in [6.07, 6.45) is 1.81. The SMILES string of the molecule is Cc1cc2[nH]nc(-c3cccc(C#N)c3)c2cn1. The van der Waals surface area contributed by atoms with Gasteiger partial charge in [0.15, 0.2) is 0 Å². The summed E-state index contributed by atoms with van der Waals surface area (Å²) in [5, 5.41) is 17.2. The lowest BCUT2D eigenvalue weighted by Crippen LogP contribution is -1.82. The summed E-state index contributed by atoms with van der Waals surface area (Å²) in [5.41, 5.74) is 4.28. The Labute approximate surface area is 104 Å². The number of nitrogens with zero attached hydrogens (tertiary/aromatic N) is 3. The molecule has 0 bridgehead atoms. The van der Waals surface area contributed by atoms with E-state index < -0.39 is 0 Å². The maximum Gasteiger partial charge on any atom is 0.101 e. The summed E-state index contributed by atoms with van der Waals surface area (Å²) in [6, 6.07) is 11.5. The van der Waals surface area contributed by atoms with Crippen molar-refractivity contribution < 1.29 is 0 Å². The quantitative estimate of drug-likeness (QED) is 0.704. The van der Waals surface area contributed by atoms with Crippen molar-refractivity contribution in [2.75, 3.05) is 0 Å². The van der Waals surface area contributed by atoms with E-state index in [4.69, 9.17) is 5.26 Å². The predicted octanol–water partition coefficient (Wildman–Crippen LogP) is 2.81. The summed E-state index contributed by atoms with van der Waals surface area (Å²) < 4.78 is 0. The molecule has 0 saturated carbocycles. The first-order chi connectivity index (χ1) is 8.78. The molecule has 1 aromatic carbocycles. The molecule has 0 amide bonds. The average Bonchev–Trinajstić information content (AvgIpc) is 2.81. The van der Waals surface area contributed by atoms with Gasteiger partial charge in [-0.2, -0.15) is 10.4 Å². The molecule has 2 heterocycles. The van der Waals surface area contributed by atoms with Gasteiger partial charge in [-0.3, -0.25) is 10.1 Å². The van der Waals surface area contributed by atoms with Gasteiger partial charge in [-0.05, 0) is 25.1 Å². The van der Waals surface area contributed by atoms with E-state index in [1.54, 1.807) is 6.07 Å². The van der Waals surface area contributed by atoms with Gasteiger partial charge in [-0.25, -0.2) is 0 Å². The normalized spacial score (nSPS) is 10.4. The Morgan fingerprint density at radius 1 is 1.28 bits per heavy atom. The van der Waals surface area contributed by atoms with Crippen LogP contribution in [0.25, 0.3) is 22.2 Å². The van der Waals surface area contributed by atoms with Gasteiger partial charge < -0.3 is 0 Å². The van der Waals surface area contributed by atoms with Crippen LogP contribution in [0.3, 0.4) is 0 Å². The molecule has 0 aliphatic carbocycles. The Morgan fingerprint density at radius 3 is 3.00 bits per heavy atom. The number of rotatable bonds is 1. The van der Waals surface area contributed by atoms with Crippen LogP contribution in [0.1, 0.15) is 11.3 Å². The number of H-pyrrole nitrogens is 1. The Morgan fingerprint density at radius 2 is 2.17 bits per heavy atom. The summed E-state index contributed by atoms with van der Waals surface area (Å²) in [5.74, 6) is 0. The van der Waals surface area contributed by atoms with Crippen molar-refractivity contribution in [2.45, 2.75) is 6.92 Å². The number of benzene rings is 1. The van der Waals surface area contributed by atoms with Crippen LogP contribution in [0.2, 0.25) is 0 Å². The molecule has 0 aliphatic rings. The van der Waals surface area contributed by atoms with E-state index in [-0.39, 0.29) is 0 Å². The molecule has 0 saturated heterocycles. The van der Waals surface area contributed by atoms with Crippen molar-refractivity contribution in [2.24, 2.45) is 0 Å². The minimum absolute atomic E-state index is 0.628. The lowest BCUT2D eigenvalue weighted by atomic mass is 10.1. The first-order valence-electron chi connectivity index (χ1n) is 5.59. The lowest BCUT2D eigenvalue weighted by Gasteiger charge is -1.98. The molecule has 0 spiro atoms. The second-order valence-electron chi connectivity index (χ2n) is 4.14. The van der Waals surface area contributed by atoms with Crippen molar-refractivity contribution in [3.05, 3.63) is 47.8 Å². The van der Waals surface area contributed by atoms with Gasteiger partial charge >= 0.3 is 0 Å². The lowest BCUT2D eigenvalue weighted by molar-refractivity contribution is 1.12. The molecule has 4 nitrogen and oxygen atoms in total. The molecule has 0 unspecified atom stereocenters. The van der Waals surface area contributed by atoms with Crippen molar-refractivity contribution in [1.29, 1.82) is 5.26 Å². The third-order valence-electron chi connectivity index (χ3n) is 2.85. The van der Waals surface area contributed by atoms with Gasteiger partial charge in [-0.1, -0.05) is 12.1 Å². The molecule has 86 valence electrons. The van der Waals surface area contributed by atoms with E-state index in [1.807, 2.05) is 37.4 Å². The average molecular weight is 234 g/mol. The summed E-state index contributed by atoms with van der Waals surface area (Å²) in [6.45, 7) is 1.94. The molecule has 3 rings (SSSR count). The van der Waals surface area contributed by atoms with Gasteiger partial charge in [0, 0.05) is 22.8 Å². The topological polar surface area (TPSA) is 65.4 Å². The number of hydrogen-bond donors (Lipinski definition) is 1. The van der Waals surface area contributed by atoms with E-state index in [9.17, 15) is 0 Å². The van der Waals surface area contributed by atoms with Crippen LogP contribution >= 0.6 is 0 Å². The van der Waals surface area contributed by atoms with Crippen LogP contribution in [-0.4, -0.2) is 15.2 Å². The van der Waals surface area contributed by atoms with Crippen molar-refractivity contribution in [3.63, 3.8) is 0 Å². The highest BCUT2D eigenvalue weighted by Gasteiger charge is 2.09. The minimum Gasteiger partial charge on any atom is -0.277 e. The largest absolute Gasteiger partial charge is 0.277 e. The zero-order valence-corrected chi connectivity index (χ0v) is 9.81. The van der Waals surface area contributed by atoms with Crippen molar-refractivity contribution in [1.82, 2.24) is 15.2 Å². The molecule has 2 aromatic heterocycles. The number of aromatic nitrogens is 3. The number of nitrogens with one attached hydrogen (secondary N) is 1. The smallest absolute Gasteiger partial charge is 0.101 e. The molecular formula is C14H10N4. The fourth-order valence-corrected chi connectivity index (χ4v) is 1.97. The zero-order valence-electron chi connectivity index (χ0n) is 9.81. The second-order valence-corrected chi connectivity index (χ2v) is 4.14. The third-order valence-corrected chi connectivity index (χ3v) is 2.85. The Kier molecular flexibility index (Phi) is 2.31. The first kappa shape index (κ1) is 10.5.